The molecule has 1 heterocycles. The van der Waals surface area contributed by atoms with E-state index in [-0.39, 0.29) is 7.43 Å². The normalized spacial score (nSPS) is 9.29. The average molecular weight is 441 g/mol. The van der Waals surface area contributed by atoms with Gasteiger partial charge in [-0.3, -0.25) is 0 Å². The molecule has 0 saturated carbocycles. The molecule has 0 spiro atoms. The van der Waals surface area contributed by atoms with E-state index in [2.05, 4.69) is 36.2 Å². The summed E-state index contributed by atoms with van der Waals surface area (Å²) in [4.78, 5) is 0. The van der Waals surface area contributed by atoms with Crippen molar-refractivity contribution in [3.8, 4) is 0 Å². The minimum Gasteiger partial charge on any atom is -0.575 e. The molecular formula is C11H14N2Rf-2. The van der Waals surface area contributed by atoms with Gasteiger partial charge in [0, 0.05) is 5.69 Å². The molecule has 0 unspecified atom stereocenters. The zero-order valence-corrected chi connectivity index (χ0v) is 15.4. The van der Waals surface area contributed by atoms with Gasteiger partial charge in [-0.05, 0) is 18.7 Å². The average Bonchev–Trinajstić information content (AvgIpc) is 2.46. The van der Waals surface area contributed by atoms with Crippen molar-refractivity contribution in [1.29, 1.82) is 0 Å². The summed E-state index contributed by atoms with van der Waals surface area (Å²) in [6.07, 6.45) is 0.958. The van der Waals surface area contributed by atoms with Crippen molar-refractivity contribution in [3.05, 3.63) is 36.9 Å². The number of fused-ring (bicyclic) bond motifs is 1. The number of hydrogen-bond donors (Lipinski definition) is 0. The van der Waals surface area contributed by atoms with Gasteiger partial charge < -0.3 is 17.6 Å². The number of nitrogens with zero attached hydrogens (tertiary/aromatic N) is 2. The smallest absolute Gasteiger partial charge is 0.0236 e. The van der Waals surface area contributed by atoms with Gasteiger partial charge in [0.1, 0.15) is 0 Å². The second-order valence-electron chi connectivity index (χ2n) is 3.02. The number of hydrogen-bond acceptors (Lipinski definition) is 1. The van der Waals surface area contributed by atoms with Crippen LogP contribution in [0.4, 0.5) is 0 Å². The molecule has 0 bridgehead atoms. The molecule has 1 aromatic heterocycles. The molecule has 0 aliphatic heterocycles. The van der Waals surface area contributed by atoms with E-state index in [0.717, 1.165) is 17.6 Å². The molecule has 0 aliphatic rings. The van der Waals surface area contributed by atoms with Crippen LogP contribution in [0.3, 0.4) is 0 Å². The van der Waals surface area contributed by atoms with Crippen LogP contribution in [-0.2, 0) is 6.42 Å². The van der Waals surface area contributed by atoms with Crippen molar-refractivity contribution in [2.24, 2.45) is 0 Å². The van der Waals surface area contributed by atoms with E-state index in [4.69, 9.17) is 0 Å². The van der Waals surface area contributed by atoms with Crippen molar-refractivity contribution in [3.63, 3.8) is 0 Å². The summed E-state index contributed by atoms with van der Waals surface area (Å²) in [5, 5.41) is 9.39. The minimum atomic E-state index is 0. The van der Waals surface area contributed by atoms with Crippen LogP contribution in [0.25, 0.3) is 10.9 Å². The Bertz CT molecular complexity index is 407. The first-order valence-corrected chi connectivity index (χ1v) is 4.20. The Morgan fingerprint density at radius 1 is 1.36 bits per heavy atom. The third-order valence-corrected chi connectivity index (χ3v) is 2.08. The monoisotopic (exact) mass is 441 g/mol. The van der Waals surface area contributed by atoms with Crippen LogP contribution in [0, 0.1) is 14.4 Å². The van der Waals surface area contributed by atoms with E-state index in [0.29, 0.717) is 0 Å². The molecule has 0 aliphatic carbocycles. The van der Waals surface area contributed by atoms with Gasteiger partial charge in [0.2, 0.25) is 0 Å². The molecule has 0 atom stereocenters. The third kappa shape index (κ3) is 1.56. The Labute approximate surface area is 79.0 Å². The van der Waals surface area contributed by atoms with Gasteiger partial charge in [-0.25, -0.2) is 0 Å². The SMILES string of the molecule is CCc1n[n-]c2ccc(C)cc12.[CH3-].[Rf]. The first-order chi connectivity index (χ1) is 5.81. The Hall–Kier alpha value is -2.31. The van der Waals surface area contributed by atoms with Gasteiger partial charge in [-0.1, -0.05) is 30.7 Å². The van der Waals surface area contributed by atoms with Crippen molar-refractivity contribution in [1.82, 2.24) is 10.2 Å². The van der Waals surface area contributed by atoms with Gasteiger partial charge in [0.15, 0.2) is 0 Å². The van der Waals surface area contributed by atoms with Crippen molar-refractivity contribution < 1.29 is 0 Å². The van der Waals surface area contributed by atoms with E-state index in [1.165, 1.54) is 10.9 Å². The maximum absolute atomic E-state index is 4.10. The van der Waals surface area contributed by atoms with Gasteiger partial charge in [-0.2, -0.15) is 0 Å². The summed E-state index contributed by atoms with van der Waals surface area (Å²) in [7, 11) is 0. The van der Waals surface area contributed by atoms with Crippen LogP contribution in [0.1, 0.15) is 18.2 Å². The number of aromatic nitrogens is 2. The first kappa shape index (κ1) is 11.7. The number of rotatable bonds is 1. The topological polar surface area (TPSA) is 27.0 Å². The molecule has 0 fully saturated rings. The molecule has 0 amide bonds. The van der Waals surface area contributed by atoms with Gasteiger partial charge in [-0.15, -0.1) is 5.52 Å². The van der Waals surface area contributed by atoms with E-state index in [1.54, 1.807) is 0 Å². The largest absolute Gasteiger partial charge is 0.575 e. The molecule has 3 heteroatoms. The summed E-state index contributed by atoms with van der Waals surface area (Å²) >= 11 is 0. The minimum absolute atomic E-state index is 0. The molecule has 0 saturated heterocycles. The van der Waals surface area contributed by atoms with E-state index in [9.17, 15) is 0 Å². The molecule has 14 heavy (non-hydrogen) atoms. The molecule has 72 valence electrons. The summed E-state index contributed by atoms with van der Waals surface area (Å²) in [6.45, 7) is 4.19. The second kappa shape index (κ2) is 4.08. The molecule has 2 aromatic rings. The van der Waals surface area contributed by atoms with Crippen LogP contribution in [0.2, 0.25) is 0 Å². The van der Waals surface area contributed by atoms with Crippen molar-refractivity contribution in [2.75, 3.05) is 0 Å². The summed E-state index contributed by atoms with van der Waals surface area (Å²) in [5.74, 6) is 0. The predicted molar refractivity (Wildman–Crippen MR) is 55.6 cm³/mol. The van der Waals surface area contributed by atoms with Crippen molar-refractivity contribution >= 4 is 10.9 Å². The molecular weight excluding hydrogens is 427 g/mol. The number of benzene rings is 1. The van der Waals surface area contributed by atoms with E-state index in [1.807, 2.05) is 6.07 Å². The van der Waals surface area contributed by atoms with Crippen LogP contribution >= 0.6 is 0 Å². The van der Waals surface area contributed by atoms with Crippen molar-refractivity contribution in [2.45, 2.75) is 20.3 Å². The molecule has 2 nitrogen and oxygen atoms in total. The van der Waals surface area contributed by atoms with Crippen LogP contribution < -0.4 is 5.10 Å². The Morgan fingerprint density at radius 3 is 2.71 bits per heavy atom. The summed E-state index contributed by atoms with van der Waals surface area (Å²) in [5.41, 5.74) is 3.39. The molecule has 0 radical (unpaired) electrons. The maximum atomic E-state index is 4.10. The van der Waals surface area contributed by atoms with Gasteiger partial charge in [0.05, 0.1) is 0 Å². The van der Waals surface area contributed by atoms with E-state index < -0.39 is 0 Å². The van der Waals surface area contributed by atoms with Gasteiger partial charge in [0.25, 0.3) is 0 Å². The molecule has 0 N–H and O–H groups in total. The maximum Gasteiger partial charge on any atom is 0.0236 e. The quantitative estimate of drug-likeness (QED) is 0.637. The van der Waals surface area contributed by atoms with Crippen LogP contribution in [-0.4, -0.2) is 5.10 Å². The summed E-state index contributed by atoms with van der Waals surface area (Å²) in [6, 6.07) is 6.24. The Kier molecular flexibility index (Phi) is 3.40. The number of aryl methyl sites for hydroxylation is 2. The third-order valence-electron chi connectivity index (χ3n) is 2.08. The fourth-order valence-corrected chi connectivity index (χ4v) is 1.40. The molecule has 2 rings (SSSR count). The zero-order valence-electron chi connectivity index (χ0n) is 9.04. The standard InChI is InChI=1S/C10H11N2.CH3.Rf/c1-3-9-8-6-7(2)4-5-10(8)12-11-9;;/h4-6H,3H2,1-2H3;1H3;/q2*-1;. The Balaban J connectivity index is 0.000000845. The summed E-state index contributed by atoms with van der Waals surface area (Å²) < 4.78 is 0. The fourth-order valence-electron chi connectivity index (χ4n) is 1.40. The second-order valence-corrected chi connectivity index (χ2v) is 3.02. The molecule has 1 aromatic carbocycles. The first-order valence-electron chi connectivity index (χ1n) is 4.20. The van der Waals surface area contributed by atoms with E-state index >= 15 is 0 Å². The Morgan fingerprint density at radius 2 is 2.07 bits per heavy atom. The predicted octanol–water partition coefficient (Wildman–Crippen LogP) is 2.51. The zero-order chi connectivity index (χ0) is 8.55. The fraction of sp³-hybridized carbons (Fsp3) is 0.273. The van der Waals surface area contributed by atoms with Crippen LogP contribution in [0.5, 0.6) is 0 Å². The van der Waals surface area contributed by atoms with Gasteiger partial charge >= 0.3 is 0 Å². The van der Waals surface area contributed by atoms with Crippen LogP contribution in [0.15, 0.2) is 18.2 Å².